The summed E-state index contributed by atoms with van der Waals surface area (Å²) in [6.07, 6.45) is 11.7. The van der Waals surface area contributed by atoms with Crippen molar-refractivity contribution >= 4 is 29.5 Å². The van der Waals surface area contributed by atoms with Crippen LogP contribution in [0.2, 0.25) is 5.02 Å². The molecule has 0 aromatic carbocycles. The Bertz CT molecular complexity index is 1670. The summed E-state index contributed by atoms with van der Waals surface area (Å²) in [4.78, 5) is 31.7. The fraction of sp³-hybridized carbons (Fsp3) is 0.444. The molecular formula is C27H30ClN9O9. The largest absolute Gasteiger partial charge is 0.440 e. The standard InChI is InChI=1S/C27H30ClN9O9/c28-19-12-46-35-23(19)22-18(27(42,43)44)8-31-24(34-22)33-15-1-3-17(4-2-15)37(25(38)45-13-26(39,40)41)21-10-29-20(9-30-21)14-7-32-36(11-14)16-5-6-16/h7-12,15-17,39-44H,1-6,13H2,(H,31,33,34). The van der Waals surface area contributed by atoms with Gasteiger partial charge in [0, 0.05) is 30.0 Å². The van der Waals surface area contributed by atoms with E-state index in [-0.39, 0.29) is 34.2 Å². The minimum absolute atomic E-state index is 0.0212. The quantitative estimate of drug-likeness (QED) is 0.116. The van der Waals surface area contributed by atoms with Crippen LogP contribution in [0, 0.1) is 0 Å². The number of halogens is 1. The minimum Gasteiger partial charge on any atom is -0.440 e. The van der Waals surface area contributed by atoms with E-state index in [1.54, 1.807) is 6.20 Å². The normalized spacial score (nSPS) is 18.8. The van der Waals surface area contributed by atoms with Gasteiger partial charge in [0.05, 0.1) is 35.9 Å². The summed E-state index contributed by atoms with van der Waals surface area (Å²) < 4.78 is 11.7. The zero-order chi connectivity index (χ0) is 32.6. The first-order chi connectivity index (χ1) is 21.9. The van der Waals surface area contributed by atoms with Gasteiger partial charge in [0.15, 0.2) is 18.1 Å². The zero-order valence-corrected chi connectivity index (χ0v) is 24.8. The molecule has 0 unspecified atom stereocenters. The Morgan fingerprint density at radius 3 is 2.37 bits per heavy atom. The van der Waals surface area contributed by atoms with Crippen molar-refractivity contribution in [1.29, 1.82) is 0 Å². The molecule has 4 aromatic heterocycles. The molecule has 0 radical (unpaired) electrons. The number of anilines is 2. The first-order valence-electron chi connectivity index (χ1n) is 14.3. The zero-order valence-electron chi connectivity index (χ0n) is 24.0. The van der Waals surface area contributed by atoms with Crippen LogP contribution < -0.4 is 10.2 Å². The molecular weight excluding hydrogens is 630 g/mol. The van der Waals surface area contributed by atoms with Crippen molar-refractivity contribution in [3.05, 3.63) is 47.8 Å². The van der Waals surface area contributed by atoms with E-state index in [1.165, 1.54) is 17.3 Å². The van der Waals surface area contributed by atoms with E-state index < -0.39 is 36.3 Å². The van der Waals surface area contributed by atoms with Gasteiger partial charge in [-0.05, 0) is 38.5 Å². The SMILES string of the molecule is O=C(OCC(O)(O)O)N(c1cnc(-c2cnn(C3CC3)c2)cn1)C1CCC(Nc2ncc(C(O)(O)O)c(-c3nocc3Cl)n2)CC1. The summed E-state index contributed by atoms with van der Waals surface area (Å²) in [6, 6.07) is -0.242. The molecule has 6 rings (SSSR count). The van der Waals surface area contributed by atoms with Crippen LogP contribution in [-0.4, -0.2) is 96.3 Å². The summed E-state index contributed by atoms with van der Waals surface area (Å²) in [5.41, 5.74) is 0.650. The Balaban J connectivity index is 1.17. The van der Waals surface area contributed by atoms with Crippen LogP contribution in [0.5, 0.6) is 0 Å². The van der Waals surface area contributed by atoms with E-state index in [2.05, 4.69) is 35.5 Å². The Morgan fingerprint density at radius 1 is 1.00 bits per heavy atom. The van der Waals surface area contributed by atoms with Gasteiger partial charge in [0.25, 0.3) is 0 Å². The van der Waals surface area contributed by atoms with Crippen LogP contribution in [0.1, 0.15) is 50.1 Å². The maximum atomic E-state index is 13.2. The van der Waals surface area contributed by atoms with Gasteiger partial charge in [0.2, 0.25) is 5.95 Å². The van der Waals surface area contributed by atoms with Gasteiger partial charge in [-0.3, -0.25) is 14.6 Å². The number of aromatic nitrogens is 7. The van der Waals surface area contributed by atoms with Crippen molar-refractivity contribution in [2.45, 2.75) is 68.6 Å². The van der Waals surface area contributed by atoms with Crippen molar-refractivity contribution in [1.82, 2.24) is 34.9 Å². The fourth-order valence-electron chi connectivity index (χ4n) is 5.18. The van der Waals surface area contributed by atoms with E-state index in [0.29, 0.717) is 37.4 Å². The average Bonchev–Trinajstić information content (AvgIpc) is 3.58. The van der Waals surface area contributed by atoms with E-state index in [1.807, 2.05) is 10.9 Å². The van der Waals surface area contributed by atoms with Gasteiger partial charge in [0.1, 0.15) is 17.0 Å². The van der Waals surface area contributed by atoms with Gasteiger partial charge in [-0.2, -0.15) is 5.10 Å². The third-order valence-corrected chi connectivity index (χ3v) is 7.85. The van der Waals surface area contributed by atoms with Crippen LogP contribution in [0.25, 0.3) is 22.6 Å². The molecule has 0 atom stereocenters. The lowest BCUT2D eigenvalue weighted by Crippen LogP contribution is -2.46. The number of carbonyl (C=O) groups is 1. The summed E-state index contributed by atoms with van der Waals surface area (Å²) in [5, 5.41) is 68.4. The highest BCUT2D eigenvalue weighted by Crippen LogP contribution is 2.36. The van der Waals surface area contributed by atoms with Crippen molar-refractivity contribution in [3.63, 3.8) is 0 Å². The number of hydrogen-bond donors (Lipinski definition) is 7. The lowest BCUT2D eigenvalue weighted by molar-refractivity contribution is -0.325. The predicted octanol–water partition coefficient (Wildman–Crippen LogP) is 0.858. The maximum absolute atomic E-state index is 13.2. The maximum Gasteiger partial charge on any atom is 0.416 e. The van der Waals surface area contributed by atoms with E-state index in [9.17, 15) is 35.4 Å². The van der Waals surface area contributed by atoms with Crippen LogP contribution in [-0.2, 0) is 10.7 Å². The Kier molecular flexibility index (Phi) is 8.59. The van der Waals surface area contributed by atoms with Crippen molar-refractivity contribution in [2.75, 3.05) is 16.8 Å². The van der Waals surface area contributed by atoms with Gasteiger partial charge >= 0.3 is 18.0 Å². The molecule has 4 aromatic rings. The summed E-state index contributed by atoms with van der Waals surface area (Å²) in [6.45, 7) is -1.09. The van der Waals surface area contributed by atoms with Gasteiger partial charge < -0.3 is 45.2 Å². The molecule has 2 saturated carbocycles. The highest BCUT2D eigenvalue weighted by Gasteiger charge is 2.35. The molecule has 46 heavy (non-hydrogen) atoms. The van der Waals surface area contributed by atoms with Crippen molar-refractivity contribution in [2.24, 2.45) is 0 Å². The lowest BCUT2D eigenvalue weighted by Gasteiger charge is -2.36. The van der Waals surface area contributed by atoms with Crippen LogP contribution in [0.15, 0.2) is 41.8 Å². The number of rotatable bonds is 10. The Morgan fingerprint density at radius 2 is 1.76 bits per heavy atom. The molecule has 0 spiro atoms. The molecule has 4 heterocycles. The van der Waals surface area contributed by atoms with Crippen LogP contribution in [0.4, 0.5) is 16.6 Å². The number of carbonyl (C=O) groups excluding carboxylic acids is 1. The molecule has 18 nitrogen and oxygen atoms in total. The first kappa shape index (κ1) is 31.7. The molecule has 19 heteroatoms. The second-order valence-corrected chi connectivity index (χ2v) is 11.6. The molecule has 7 N–H and O–H groups in total. The Labute approximate surface area is 264 Å². The second-order valence-electron chi connectivity index (χ2n) is 11.2. The second kappa shape index (κ2) is 12.5. The average molecular weight is 660 g/mol. The topological polar surface area (TPSA) is 258 Å². The molecule has 1 amide bonds. The number of amides is 1. The summed E-state index contributed by atoms with van der Waals surface area (Å²) in [5.74, 6) is -6.24. The molecule has 2 aliphatic rings. The monoisotopic (exact) mass is 659 g/mol. The van der Waals surface area contributed by atoms with Crippen LogP contribution >= 0.6 is 11.6 Å². The molecule has 244 valence electrons. The molecule has 2 fully saturated rings. The van der Waals surface area contributed by atoms with E-state index in [0.717, 1.165) is 30.9 Å². The number of hydrogen-bond acceptors (Lipinski definition) is 16. The van der Waals surface area contributed by atoms with E-state index in [4.69, 9.17) is 20.9 Å². The van der Waals surface area contributed by atoms with E-state index >= 15 is 0 Å². The summed E-state index contributed by atoms with van der Waals surface area (Å²) in [7, 11) is 0. The molecule has 0 aliphatic heterocycles. The number of aliphatic hydroxyl groups is 6. The lowest BCUT2D eigenvalue weighted by atomic mass is 9.90. The van der Waals surface area contributed by atoms with Crippen LogP contribution in [0.3, 0.4) is 0 Å². The molecule has 0 saturated heterocycles. The van der Waals surface area contributed by atoms with Crippen molar-refractivity contribution in [3.8, 4) is 22.6 Å². The van der Waals surface area contributed by atoms with Gasteiger partial charge in [-0.15, -0.1) is 0 Å². The molecule has 2 aliphatic carbocycles. The number of ether oxygens (including phenoxy) is 1. The van der Waals surface area contributed by atoms with Gasteiger partial charge in [-0.25, -0.2) is 19.7 Å². The van der Waals surface area contributed by atoms with Crippen molar-refractivity contribution < 1.29 is 44.7 Å². The Hall–Kier alpha value is -4.30. The smallest absolute Gasteiger partial charge is 0.416 e. The third kappa shape index (κ3) is 7.23. The number of nitrogens with zero attached hydrogens (tertiary/aromatic N) is 8. The fourth-order valence-corrected chi connectivity index (χ4v) is 5.34. The van der Waals surface area contributed by atoms with Gasteiger partial charge in [-0.1, -0.05) is 16.8 Å². The summed E-state index contributed by atoms with van der Waals surface area (Å²) >= 11 is 6.08. The third-order valence-electron chi connectivity index (χ3n) is 7.59. The molecule has 0 bridgehead atoms. The minimum atomic E-state index is -3.27. The highest BCUT2D eigenvalue weighted by molar-refractivity contribution is 6.32. The highest BCUT2D eigenvalue weighted by atomic mass is 35.5. The first-order valence-corrected chi connectivity index (χ1v) is 14.6. The predicted molar refractivity (Wildman–Crippen MR) is 155 cm³/mol. The number of nitrogens with one attached hydrogen (secondary N) is 1.